The number of hydrogen-bond acceptors (Lipinski definition) is 4. The Kier molecular flexibility index (Phi) is 5.40. The van der Waals surface area contributed by atoms with Gasteiger partial charge in [-0.1, -0.05) is 49.4 Å². The van der Waals surface area contributed by atoms with E-state index in [0.29, 0.717) is 0 Å². The zero-order valence-corrected chi connectivity index (χ0v) is 16.1. The molecular weight excluding hydrogens is 338 g/mol. The lowest BCUT2D eigenvalue weighted by Crippen LogP contribution is -2.37. The molecular formula is C22H25N3O2. The molecule has 1 N–H and O–H groups in total. The van der Waals surface area contributed by atoms with Crippen LogP contribution >= 0.6 is 0 Å². The number of carbonyl (C=O) groups is 1. The molecule has 0 saturated heterocycles. The maximum Gasteiger partial charge on any atom is 0.408 e. The van der Waals surface area contributed by atoms with Crippen molar-refractivity contribution in [1.29, 1.82) is 0 Å². The summed E-state index contributed by atoms with van der Waals surface area (Å²) in [4.78, 5) is 21.7. The Hall–Kier alpha value is -2.95. The minimum absolute atomic E-state index is 0.0861. The summed E-state index contributed by atoms with van der Waals surface area (Å²) in [5, 5.41) is 3.01. The van der Waals surface area contributed by atoms with Crippen molar-refractivity contribution in [1.82, 2.24) is 15.3 Å². The molecule has 1 heterocycles. The molecule has 0 radical (unpaired) electrons. The van der Waals surface area contributed by atoms with E-state index in [-0.39, 0.29) is 12.0 Å². The third-order valence-electron chi connectivity index (χ3n) is 4.26. The third-order valence-corrected chi connectivity index (χ3v) is 4.26. The zero-order chi connectivity index (χ0) is 19.4. The second kappa shape index (κ2) is 7.74. The van der Waals surface area contributed by atoms with E-state index >= 15 is 0 Å². The molecule has 0 aliphatic carbocycles. The summed E-state index contributed by atoms with van der Waals surface area (Å²) in [6, 6.07) is 17.3. The van der Waals surface area contributed by atoms with Crippen LogP contribution in [0.4, 0.5) is 4.79 Å². The van der Waals surface area contributed by atoms with Gasteiger partial charge in [0.05, 0.1) is 22.8 Å². The Morgan fingerprint density at radius 3 is 2.30 bits per heavy atom. The van der Waals surface area contributed by atoms with Crippen LogP contribution in [-0.2, 0) is 4.74 Å². The number of amides is 1. The molecule has 140 valence electrons. The second-order valence-corrected chi connectivity index (χ2v) is 7.61. The molecule has 0 unspecified atom stereocenters. The van der Waals surface area contributed by atoms with Crippen molar-refractivity contribution in [2.75, 3.05) is 0 Å². The summed E-state index contributed by atoms with van der Waals surface area (Å²) in [5.74, 6) is -0.0861. The van der Waals surface area contributed by atoms with Crippen molar-refractivity contribution >= 4 is 17.1 Å². The highest BCUT2D eigenvalue weighted by Crippen LogP contribution is 2.30. The summed E-state index contributed by atoms with van der Waals surface area (Å²) in [6.45, 7) is 7.58. The van der Waals surface area contributed by atoms with Crippen molar-refractivity contribution in [3.8, 4) is 0 Å². The van der Waals surface area contributed by atoms with Crippen LogP contribution in [0.15, 0.2) is 60.8 Å². The fraction of sp³-hybridized carbons (Fsp3) is 0.318. The molecule has 1 aromatic heterocycles. The molecule has 3 aromatic rings. The van der Waals surface area contributed by atoms with Gasteiger partial charge in [0.15, 0.2) is 0 Å². The van der Waals surface area contributed by atoms with E-state index in [4.69, 9.17) is 9.72 Å². The van der Waals surface area contributed by atoms with Crippen LogP contribution in [0.2, 0.25) is 0 Å². The number of alkyl carbamates (subject to hydrolysis) is 1. The SMILES string of the molecule is C[C@H](c1cnc2ccccc2n1)[C@@H](NC(=O)OC(C)(C)C)c1ccccc1. The van der Waals surface area contributed by atoms with Crippen molar-refractivity contribution in [2.24, 2.45) is 0 Å². The Labute approximate surface area is 159 Å². The lowest BCUT2D eigenvalue weighted by Gasteiger charge is -2.27. The summed E-state index contributed by atoms with van der Waals surface area (Å²) in [7, 11) is 0. The highest BCUT2D eigenvalue weighted by molar-refractivity contribution is 5.73. The van der Waals surface area contributed by atoms with E-state index in [0.717, 1.165) is 22.3 Å². The van der Waals surface area contributed by atoms with E-state index in [2.05, 4.69) is 10.3 Å². The van der Waals surface area contributed by atoms with E-state index in [1.165, 1.54) is 0 Å². The number of hydrogen-bond donors (Lipinski definition) is 1. The molecule has 5 nitrogen and oxygen atoms in total. The lowest BCUT2D eigenvalue weighted by atomic mass is 9.92. The predicted molar refractivity (Wildman–Crippen MR) is 107 cm³/mol. The lowest BCUT2D eigenvalue weighted by molar-refractivity contribution is 0.0496. The van der Waals surface area contributed by atoms with Gasteiger partial charge in [0.25, 0.3) is 0 Å². The standard InChI is InChI=1S/C22H25N3O2/c1-15(19-14-23-17-12-8-9-13-18(17)24-19)20(16-10-6-5-7-11-16)25-21(26)27-22(2,3)4/h5-15,20H,1-4H3,(H,25,26)/t15-,20-/m1/s1. The second-order valence-electron chi connectivity index (χ2n) is 7.61. The smallest absolute Gasteiger partial charge is 0.408 e. The van der Waals surface area contributed by atoms with Crippen LogP contribution in [0.3, 0.4) is 0 Å². The van der Waals surface area contributed by atoms with Gasteiger partial charge >= 0.3 is 6.09 Å². The molecule has 0 saturated carbocycles. The van der Waals surface area contributed by atoms with Gasteiger partial charge in [-0.25, -0.2) is 9.78 Å². The maximum atomic E-state index is 12.4. The van der Waals surface area contributed by atoms with Crippen molar-refractivity contribution in [3.05, 3.63) is 72.1 Å². The van der Waals surface area contributed by atoms with Gasteiger partial charge < -0.3 is 10.1 Å². The van der Waals surface area contributed by atoms with Crippen LogP contribution in [0.1, 0.15) is 50.9 Å². The normalized spacial score (nSPS) is 13.8. The molecule has 0 aliphatic rings. The molecule has 3 rings (SSSR count). The monoisotopic (exact) mass is 363 g/mol. The Morgan fingerprint density at radius 2 is 1.63 bits per heavy atom. The molecule has 0 spiro atoms. The number of rotatable bonds is 4. The number of nitrogens with one attached hydrogen (secondary N) is 1. The number of fused-ring (bicyclic) bond motifs is 1. The number of para-hydroxylation sites is 2. The van der Waals surface area contributed by atoms with E-state index in [1.807, 2.05) is 82.3 Å². The van der Waals surface area contributed by atoms with E-state index in [9.17, 15) is 4.79 Å². The van der Waals surface area contributed by atoms with Crippen LogP contribution in [0, 0.1) is 0 Å². The number of ether oxygens (including phenoxy) is 1. The minimum Gasteiger partial charge on any atom is -0.444 e. The number of carbonyl (C=O) groups excluding carboxylic acids is 1. The first-order valence-corrected chi connectivity index (χ1v) is 9.09. The highest BCUT2D eigenvalue weighted by atomic mass is 16.6. The van der Waals surface area contributed by atoms with Gasteiger partial charge in [0.2, 0.25) is 0 Å². The average molecular weight is 363 g/mol. The highest BCUT2D eigenvalue weighted by Gasteiger charge is 2.26. The summed E-state index contributed by atoms with van der Waals surface area (Å²) in [5.41, 5.74) is 2.94. The number of benzene rings is 2. The summed E-state index contributed by atoms with van der Waals surface area (Å²) in [6.07, 6.45) is 1.33. The van der Waals surface area contributed by atoms with E-state index < -0.39 is 11.7 Å². The van der Waals surface area contributed by atoms with Crippen LogP contribution in [-0.4, -0.2) is 21.7 Å². The average Bonchev–Trinajstić information content (AvgIpc) is 2.64. The van der Waals surface area contributed by atoms with Gasteiger partial charge in [0.1, 0.15) is 5.60 Å². The third kappa shape index (κ3) is 4.82. The largest absolute Gasteiger partial charge is 0.444 e. The maximum absolute atomic E-state index is 12.4. The Morgan fingerprint density at radius 1 is 1.00 bits per heavy atom. The topological polar surface area (TPSA) is 64.1 Å². The molecule has 27 heavy (non-hydrogen) atoms. The molecule has 2 atom stereocenters. The van der Waals surface area contributed by atoms with Crippen molar-refractivity contribution < 1.29 is 9.53 Å². The summed E-state index contributed by atoms with van der Waals surface area (Å²) < 4.78 is 5.46. The Bertz CT molecular complexity index is 919. The minimum atomic E-state index is -0.558. The van der Waals surface area contributed by atoms with Crippen LogP contribution in [0.25, 0.3) is 11.0 Å². The predicted octanol–water partition coefficient (Wildman–Crippen LogP) is 5.00. The zero-order valence-electron chi connectivity index (χ0n) is 16.1. The number of aromatic nitrogens is 2. The van der Waals surface area contributed by atoms with Crippen molar-refractivity contribution in [2.45, 2.75) is 45.3 Å². The molecule has 2 aromatic carbocycles. The van der Waals surface area contributed by atoms with Gasteiger partial charge in [0, 0.05) is 12.1 Å². The molecule has 1 amide bonds. The summed E-state index contributed by atoms with van der Waals surface area (Å²) >= 11 is 0. The van der Waals surface area contributed by atoms with Crippen molar-refractivity contribution in [3.63, 3.8) is 0 Å². The molecule has 5 heteroatoms. The first-order valence-electron chi connectivity index (χ1n) is 9.09. The first kappa shape index (κ1) is 18.8. The van der Waals surface area contributed by atoms with Gasteiger partial charge in [-0.05, 0) is 38.5 Å². The molecule has 0 bridgehead atoms. The van der Waals surface area contributed by atoms with Crippen LogP contribution < -0.4 is 5.32 Å². The van der Waals surface area contributed by atoms with E-state index in [1.54, 1.807) is 6.20 Å². The van der Waals surface area contributed by atoms with Gasteiger partial charge in [-0.2, -0.15) is 0 Å². The fourth-order valence-corrected chi connectivity index (χ4v) is 2.95. The Balaban J connectivity index is 1.92. The van der Waals surface area contributed by atoms with Crippen LogP contribution in [0.5, 0.6) is 0 Å². The fourth-order valence-electron chi connectivity index (χ4n) is 2.95. The molecule has 0 fully saturated rings. The molecule has 0 aliphatic heterocycles. The van der Waals surface area contributed by atoms with Gasteiger partial charge in [-0.3, -0.25) is 4.98 Å². The first-order chi connectivity index (χ1) is 12.8. The number of nitrogens with zero attached hydrogens (tertiary/aromatic N) is 2. The van der Waals surface area contributed by atoms with Gasteiger partial charge in [-0.15, -0.1) is 0 Å². The quantitative estimate of drug-likeness (QED) is 0.708.